The average molecular weight is 565 g/mol. The summed E-state index contributed by atoms with van der Waals surface area (Å²) in [6.45, 7) is 3.96. The van der Waals surface area contributed by atoms with Gasteiger partial charge in [-0.1, -0.05) is 65.0 Å². The monoisotopic (exact) mass is 563 g/mol. The van der Waals surface area contributed by atoms with Crippen LogP contribution in [0.5, 0.6) is 0 Å². The number of benzene rings is 2. The Labute approximate surface area is 230 Å². The number of nitrogens with one attached hydrogen (secondary N) is 1. The number of aryl methyl sites for hydroxylation is 1. The Morgan fingerprint density at radius 1 is 1.03 bits per heavy atom. The third kappa shape index (κ3) is 6.49. The lowest BCUT2D eigenvalue weighted by Crippen LogP contribution is -2.39. The zero-order valence-electron chi connectivity index (χ0n) is 22.2. The first kappa shape index (κ1) is 26.5. The molecule has 3 N–H and O–H groups in total. The van der Waals surface area contributed by atoms with Crippen molar-refractivity contribution in [3.8, 4) is 0 Å². The molecular formula is C32H42BrN3O. The normalized spacial score (nSPS) is 21.7. The summed E-state index contributed by atoms with van der Waals surface area (Å²) in [6, 6.07) is 15.6. The van der Waals surface area contributed by atoms with Gasteiger partial charge < -0.3 is 15.6 Å². The minimum Gasteiger partial charge on any atom is -0.353 e. The van der Waals surface area contributed by atoms with Crippen LogP contribution in [0.1, 0.15) is 86.8 Å². The summed E-state index contributed by atoms with van der Waals surface area (Å²) in [5.41, 5.74) is 10.9. The van der Waals surface area contributed by atoms with Crippen molar-refractivity contribution in [2.24, 2.45) is 17.6 Å². The summed E-state index contributed by atoms with van der Waals surface area (Å²) < 4.78 is 3.56. The van der Waals surface area contributed by atoms with E-state index >= 15 is 0 Å². The molecule has 2 fully saturated rings. The van der Waals surface area contributed by atoms with E-state index in [1.54, 1.807) is 0 Å². The number of carbonyl (C=O) groups excluding carboxylic acids is 1. The van der Waals surface area contributed by atoms with Crippen LogP contribution in [0.3, 0.4) is 0 Å². The van der Waals surface area contributed by atoms with E-state index in [1.165, 1.54) is 59.7 Å². The Morgan fingerprint density at radius 3 is 2.54 bits per heavy atom. The predicted octanol–water partition coefficient (Wildman–Crippen LogP) is 7.45. The van der Waals surface area contributed by atoms with Gasteiger partial charge in [-0.15, -0.1) is 0 Å². The van der Waals surface area contributed by atoms with Gasteiger partial charge in [0.2, 0.25) is 5.91 Å². The highest BCUT2D eigenvalue weighted by Crippen LogP contribution is 2.38. The molecule has 0 aliphatic heterocycles. The first-order valence-electron chi connectivity index (χ1n) is 14.3. The van der Waals surface area contributed by atoms with E-state index in [4.69, 9.17) is 5.73 Å². The molecule has 5 heteroatoms. The average Bonchev–Trinajstić information content (AvgIpc) is 3.25. The lowest BCUT2D eigenvalue weighted by Gasteiger charge is -2.29. The smallest absolute Gasteiger partial charge is 0.221 e. The predicted molar refractivity (Wildman–Crippen MR) is 157 cm³/mol. The number of amides is 1. The van der Waals surface area contributed by atoms with E-state index < -0.39 is 0 Å². The van der Waals surface area contributed by atoms with Crippen molar-refractivity contribution in [1.29, 1.82) is 0 Å². The van der Waals surface area contributed by atoms with Crippen molar-refractivity contribution in [2.75, 3.05) is 6.54 Å². The molecule has 0 radical (unpaired) electrons. The Hall–Kier alpha value is -2.11. The quantitative estimate of drug-likeness (QED) is 0.299. The highest BCUT2D eigenvalue weighted by Gasteiger charge is 2.27. The maximum Gasteiger partial charge on any atom is 0.221 e. The molecule has 1 atom stereocenters. The molecule has 37 heavy (non-hydrogen) atoms. The molecular weight excluding hydrogens is 522 g/mol. The number of halogens is 1. The molecule has 198 valence electrons. The van der Waals surface area contributed by atoms with E-state index in [9.17, 15) is 4.79 Å². The third-order valence-electron chi connectivity index (χ3n) is 8.81. The number of hydrogen-bond acceptors (Lipinski definition) is 2. The van der Waals surface area contributed by atoms with E-state index in [1.807, 2.05) is 0 Å². The zero-order chi connectivity index (χ0) is 25.8. The SMILES string of the molecule is Cc1cccc(C(CC(=O)N[C@H]2CC[C@H](CN)CC2)c2cn(CC3CCCCC3)c3ccc(Br)cc23)c1. The first-order valence-corrected chi connectivity index (χ1v) is 15.1. The van der Waals surface area contributed by atoms with E-state index in [2.05, 4.69) is 81.4 Å². The Bertz CT molecular complexity index is 1200. The summed E-state index contributed by atoms with van der Waals surface area (Å²) in [5.74, 6) is 1.53. The van der Waals surface area contributed by atoms with Gasteiger partial charge in [0.15, 0.2) is 0 Å². The lowest BCUT2D eigenvalue weighted by atomic mass is 9.85. The lowest BCUT2D eigenvalue weighted by molar-refractivity contribution is -0.122. The number of carbonyl (C=O) groups is 1. The van der Waals surface area contributed by atoms with E-state index in [0.29, 0.717) is 12.3 Å². The molecule has 2 aliphatic carbocycles. The molecule has 2 saturated carbocycles. The van der Waals surface area contributed by atoms with Crippen molar-refractivity contribution >= 4 is 32.7 Å². The van der Waals surface area contributed by atoms with Crippen LogP contribution in [-0.2, 0) is 11.3 Å². The van der Waals surface area contributed by atoms with Crippen LogP contribution in [-0.4, -0.2) is 23.1 Å². The third-order valence-corrected chi connectivity index (χ3v) is 9.30. The summed E-state index contributed by atoms with van der Waals surface area (Å²) in [7, 11) is 0. The first-order chi connectivity index (χ1) is 18.0. The summed E-state index contributed by atoms with van der Waals surface area (Å²) >= 11 is 3.72. The van der Waals surface area contributed by atoms with Crippen LogP contribution in [0.15, 0.2) is 53.1 Å². The molecule has 3 aromatic rings. The highest BCUT2D eigenvalue weighted by atomic mass is 79.9. The molecule has 2 aromatic carbocycles. The largest absolute Gasteiger partial charge is 0.353 e. The molecule has 0 saturated heterocycles. The number of fused-ring (bicyclic) bond motifs is 1. The Morgan fingerprint density at radius 2 is 1.81 bits per heavy atom. The van der Waals surface area contributed by atoms with Gasteiger partial charge in [-0.05, 0) is 93.2 Å². The minimum atomic E-state index is 0.0182. The van der Waals surface area contributed by atoms with Crippen LogP contribution in [0.25, 0.3) is 10.9 Å². The molecule has 5 rings (SSSR count). The fraction of sp³-hybridized carbons (Fsp3) is 0.531. The van der Waals surface area contributed by atoms with Crippen LogP contribution in [0, 0.1) is 18.8 Å². The van der Waals surface area contributed by atoms with Crippen LogP contribution < -0.4 is 11.1 Å². The van der Waals surface area contributed by atoms with Crippen LogP contribution in [0.2, 0.25) is 0 Å². The van der Waals surface area contributed by atoms with Gasteiger partial charge >= 0.3 is 0 Å². The van der Waals surface area contributed by atoms with E-state index in [-0.39, 0.29) is 17.9 Å². The van der Waals surface area contributed by atoms with Gasteiger partial charge in [-0.3, -0.25) is 4.79 Å². The Kier molecular flexibility index (Phi) is 8.71. The molecule has 2 aliphatic rings. The van der Waals surface area contributed by atoms with Gasteiger partial charge in [-0.2, -0.15) is 0 Å². The fourth-order valence-corrected chi connectivity index (χ4v) is 7.04. The topological polar surface area (TPSA) is 60.1 Å². The molecule has 0 spiro atoms. The summed E-state index contributed by atoms with van der Waals surface area (Å²) in [6.07, 6.45) is 13.9. The standard InChI is InChI=1S/C32H42BrN3O/c1-22-6-5-9-25(16-22)28(18-32(37)35-27-13-10-23(19-34)11-14-27)30-21-36(20-24-7-3-2-4-8-24)31-15-12-26(33)17-29(30)31/h5-6,9,12,15-17,21,23-24,27-28H,2-4,7-8,10-11,13-14,18-20,34H2,1H3,(H,35,37)/t23-,27-,28?. The number of aromatic nitrogens is 1. The summed E-state index contributed by atoms with van der Waals surface area (Å²) in [5, 5.41) is 4.64. The van der Waals surface area contributed by atoms with Crippen molar-refractivity contribution in [3.63, 3.8) is 0 Å². The number of hydrogen-bond donors (Lipinski definition) is 2. The highest BCUT2D eigenvalue weighted by molar-refractivity contribution is 9.10. The van der Waals surface area contributed by atoms with Gasteiger partial charge in [0.05, 0.1) is 0 Å². The van der Waals surface area contributed by atoms with Crippen molar-refractivity contribution in [1.82, 2.24) is 9.88 Å². The van der Waals surface area contributed by atoms with Gasteiger partial charge in [0.25, 0.3) is 0 Å². The second kappa shape index (κ2) is 12.2. The van der Waals surface area contributed by atoms with Gasteiger partial charge in [-0.25, -0.2) is 0 Å². The number of nitrogens with zero attached hydrogens (tertiary/aromatic N) is 1. The van der Waals surface area contributed by atoms with Gasteiger partial charge in [0, 0.05) is 46.5 Å². The van der Waals surface area contributed by atoms with Crippen LogP contribution >= 0.6 is 15.9 Å². The fourth-order valence-electron chi connectivity index (χ4n) is 6.68. The molecule has 0 bridgehead atoms. The van der Waals surface area contributed by atoms with Crippen molar-refractivity contribution in [3.05, 3.63) is 69.8 Å². The van der Waals surface area contributed by atoms with Crippen molar-refractivity contribution < 1.29 is 4.79 Å². The Balaban J connectivity index is 1.45. The molecule has 1 unspecified atom stereocenters. The van der Waals surface area contributed by atoms with E-state index in [0.717, 1.165) is 49.2 Å². The van der Waals surface area contributed by atoms with Crippen molar-refractivity contribution in [2.45, 2.75) is 89.6 Å². The maximum atomic E-state index is 13.5. The molecule has 4 nitrogen and oxygen atoms in total. The zero-order valence-corrected chi connectivity index (χ0v) is 23.8. The maximum absolute atomic E-state index is 13.5. The molecule has 1 aromatic heterocycles. The second-order valence-corrected chi connectivity index (χ2v) is 12.5. The van der Waals surface area contributed by atoms with Crippen LogP contribution in [0.4, 0.5) is 0 Å². The van der Waals surface area contributed by atoms with Gasteiger partial charge in [0.1, 0.15) is 0 Å². The summed E-state index contributed by atoms with van der Waals surface area (Å²) in [4.78, 5) is 13.5. The second-order valence-electron chi connectivity index (χ2n) is 11.6. The molecule has 1 heterocycles. The number of nitrogens with two attached hydrogens (primary N) is 1. The molecule has 1 amide bonds. The minimum absolute atomic E-state index is 0.0182. The number of rotatable bonds is 8.